The van der Waals surface area contributed by atoms with Crippen molar-refractivity contribution in [3.8, 4) is 5.75 Å². The van der Waals surface area contributed by atoms with E-state index in [0.717, 1.165) is 24.6 Å². The third-order valence-corrected chi connectivity index (χ3v) is 3.70. The first-order valence-electron chi connectivity index (χ1n) is 7.19. The van der Waals surface area contributed by atoms with Crippen LogP contribution in [0.15, 0.2) is 36.9 Å². The highest BCUT2D eigenvalue weighted by molar-refractivity contribution is 5.28. The molecule has 1 aromatic rings. The summed E-state index contributed by atoms with van der Waals surface area (Å²) in [6.45, 7) is 9.33. The molecule has 0 aliphatic heterocycles. The maximum Gasteiger partial charge on any atom is 0.118 e. The van der Waals surface area contributed by atoms with Gasteiger partial charge in [-0.15, -0.1) is 6.58 Å². The summed E-state index contributed by atoms with van der Waals surface area (Å²) in [5.74, 6) is 1.67. The first-order chi connectivity index (χ1) is 9.21. The Kier molecular flexibility index (Phi) is 7.27. The molecule has 0 bridgehead atoms. The van der Waals surface area contributed by atoms with E-state index in [4.69, 9.17) is 4.74 Å². The van der Waals surface area contributed by atoms with Crippen molar-refractivity contribution in [2.24, 2.45) is 5.92 Å². The Hall–Kier alpha value is -1.28. The summed E-state index contributed by atoms with van der Waals surface area (Å²) in [5, 5.41) is 3.58. The van der Waals surface area contributed by atoms with Crippen LogP contribution in [0.4, 0.5) is 0 Å². The van der Waals surface area contributed by atoms with Gasteiger partial charge in [-0.3, -0.25) is 0 Å². The van der Waals surface area contributed by atoms with E-state index >= 15 is 0 Å². The van der Waals surface area contributed by atoms with E-state index in [2.05, 4.69) is 37.9 Å². The van der Waals surface area contributed by atoms with Gasteiger partial charge in [-0.25, -0.2) is 0 Å². The summed E-state index contributed by atoms with van der Waals surface area (Å²) in [6.07, 6.45) is 5.59. The molecule has 2 heteroatoms. The molecule has 0 saturated carbocycles. The standard InChI is InChI=1S/C17H27NO/c1-5-7-15(6-2)12-13-18-14(3)16-8-10-17(19-4)11-9-16/h5,8-11,14-15,18H,1,6-7,12-13H2,2-4H3. The molecule has 1 rings (SSSR count). The van der Waals surface area contributed by atoms with Crippen molar-refractivity contribution < 1.29 is 4.74 Å². The molecule has 106 valence electrons. The normalized spacial score (nSPS) is 13.8. The minimum absolute atomic E-state index is 0.382. The van der Waals surface area contributed by atoms with E-state index in [0.29, 0.717) is 6.04 Å². The maximum absolute atomic E-state index is 5.17. The van der Waals surface area contributed by atoms with Crippen LogP contribution in [-0.2, 0) is 0 Å². The highest BCUT2D eigenvalue weighted by Gasteiger charge is 2.07. The second-order valence-electron chi connectivity index (χ2n) is 5.04. The van der Waals surface area contributed by atoms with Crippen LogP contribution in [0, 0.1) is 5.92 Å². The van der Waals surface area contributed by atoms with Crippen molar-refractivity contribution in [1.82, 2.24) is 5.32 Å². The van der Waals surface area contributed by atoms with Crippen molar-refractivity contribution in [2.75, 3.05) is 13.7 Å². The number of nitrogens with one attached hydrogen (secondary N) is 1. The van der Waals surface area contributed by atoms with Crippen molar-refractivity contribution in [2.45, 2.75) is 39.2 Å². The fourth-order valence-electron chi connectivity index (χ4n) is 2.24. The van der Waals surface area contributed by atoms with Gasteiger partial charge in [0.15, 0.2) is 0 Å². The highest BCUT2D eigenvalue weighted by atomic mass is 16.5. The van der Waals surface area contributed by atoms with Crippen molar-refractivity contribution in [3.05, 3.63) is 42.5 Å². The van der Waals surface area contributed by atoms with Crippen LogP contribution in [0.3, 0.4) is 0 Å². The summed E-state index contributed by atoms with van der Waals surface area (Å²) in [4.78, 5) is 0. The van der Waals surface area contributed by atoms with E-state index in [9.17, 15) is 0 Å². The topological polar surface area (TPSA) is 21.3 Å². The summed E-state index contributed by atoms with van der Waals surface area (Å²) in [6, 6.07) is 8.65. The molecule has 19 heavy (non-hydrogen) atoms. The molecule has 1 aromatic carbocycles. The Bertz CT molecular complexity index is 358. The van der Waals surface area contributed by atoms with Crippen LogP contribution in [0.1, 0.15) is 44.7 Å². The number of methoxy groups -OCH3 is 1. The Labute approximate surface area is 117 Å². The van der Waals surface area contributed by atoms with E-state index in [1.807, 2.05) is 18.2 Å². The molecule has 0 heterocycles. The zero-order valence-corrected chi connectivity index (χ0v) is 12.5. The average molecular weight is 261 g/mol. The van der Waals surface area contributed by atoms with Crippen LogP contribution >= 0.6 is 0 Å². The van der Waals surface area contributed by atoms with Gasteiger partial charge in [0.05, 0.1) is 7.11 Å². The van der Waals surface area contributed by atoms with Gasteiger partial charge < -0.3 is 10.1 Å². The minimum atomic E-state index is 0.382. The lowest BCUT2D eigenvalue weighted by molar-refractivity contribution is 0.414. The molecule has 0 saturated heterocycles. The number of benzene rings is 1. The van der Waals surface area contributed by atoms with Gasteiger partial charge in [0.1, 0.15) is 5.75 Å². The van der Waals surface area contributed by atoms with Gasteiger partial charge in [-0.1, -0.05) is 31.6 Å². The predicted molar refractivity (Wildman–Crippen MR) is 82.6 cm³/mol. The summed E-state index contributed by atoms with van der Waals surface area (Å²) in [7, 11) is 1.70. The van der Waals surface area contributed by atoms with Gasteiger partial charge in [-0.2, -0.15) is 0 Å². The average Bonchev–Trinajstić information content (AvgIpc) is 2.46. The molecule has 0 spiro atoms. The summed E-state index contributed by atoms with van der Waals surface area (Å²) >= 11 is 0. The Balaban J connectivity index is 2.37. The quantitative estimate of drug-likeness (QED) is 0.668. The molecule has 0 aromatic heterocycles. The SMILES string of the molecule is C=CCC(CC)CCNC(C)c1ccc(OC)cc1. The van der Waals surface area contributed by atoms with E-state index < -0.39 is 0 Å². The van der Waals surface area contributed by atoms with Gasteiger partial charge in [-0.05, 0) is 49.9 Å². The van der Waals surface area contributed by atoms with Crippen LogP contribution in [0.2, 0.25) is 0 Å². The molecule has 0 aliphatic carbocycles. The molecule has 2 atom stereocenters. The molecular formula is C17H27NO. The number of hydrogen-bond acceptors (Lipinski definition) is 2. The molecular weight excluding hydrogens is 234 g/mol. The van der Waals surface area contributed by atoms with Gasteiger partial charge in [0.2, 0.25) is 0 Å². The van der Waals surface area contributed by atoms with Crippen molar-refractivity contribution in [3.63, 3.8) is 0 Å². The van der Waals surface area contributed by atoms with Gasteiger partial charge in [0.25, 0.3) is 0 Å². The monoisotopic (exact) mass is 261 g/mol. The largest absolute Gasteiger partial charge is 0.497 e. The number of allylic oxidation sites excluding steroid dienone is 1. The lowest BCUT2D eigenvalue weighted by Crippen LogP contribution is -2.21. The van der Waals surface area contributed by atoms with Gasteiger partial charge in [0, 0.05) is 6.04 Å². The maximum atomic E-state index is 5.17. The Morgan fingerprint density at radius 2 is 2.00 bits per heavy atom. The lowest BCUT2D eigenvalue weighted by Gasteiger charge is -2.17. The van der Waals surface area contributed by atoms with Crippen LogP contribution < -0.4 is 10.1 Å². The summed E-state index contributed by atoms with van der Waals surface area (Å²) in [5.41, 5.74) is 1.30. The first-order valence-corrected chi connectivity index (χ1v) is 7.19. The molecule has 2 nitrogen and oxygen atoms in total. The molecule has 1 N–H and O–H groups in total. The zero-order valence-electron chi connectivity index (χ0n) is 12.5. The Morgan fingerprint density at radius 3 is 2.53 bits per heavy atom. The molecule has 0 amide bonds. The predicted octanol–water partition coefficient (Wildman–Crippen LogP) is 4.34. The van der Waals surface area contributed by atoms with Crippen LogP contribution in [-0.4, -0.2) is 13.7 Å². The Morgan fingerprint density at radius 1 is 1.32 bits per heavy atom. The fraction of sp³-hybridized carbons (Fsp3) is 0.529. The zero-order chi connectivity index (χ0) is 14.1. The molecule has 0 fully saturated rings. The van der Waals surface area contributed by atoms with E-state index in [1.54, 1.807) is 7.11 Å². The van der Waals surface area contributed by atoms with E-state index in [-0.39, 0.29) is 0 Å². The minimum Gasteiger partial charge on any atom is -0.497 e. The highest BCUT2D eigenvalue weighted by Crippen LogP contribution is 2.18. The first kappa shape index (κ1) is 15.8. The number of rotatable bonds is 9. The molecule has 2 unspecified atom stereocenters. The van der Waals surface area contributed by atoms with Gasteiger partial charge >= 0.3 is 0 Å². The number of hydrogen-bond donors (Lipinski definition) is 1. The second-order valence-corrected chi connectivity index (χ2v) is 5.04. The smallest absolute Gasteiger partial charge is 0.118 e. The van der Waals surface area contributed by atoms with Crippen molar-refractivity contribution >= 4 is 0 Å². The fourth-order valence-corrected chi connectivity index (χ4v) is 2.24. The third-order valence-electron chi connectivity index (χ3n) is 3.70. The van der Waals surface area contributed by atoms with Crippen molar-refractivity contribution in [1.29, 1.82) is 0 Å². The van der Waals surface area contributed by atoms with E-state index in [1.165, 1.54) is 18.4 Å². The second kappa shape index (κ2) is 8.76. The van der Waals surface area contributed by atoms with Crippen LogP contribution in [0.5, 0.6) is 5.75 Å². The molecule has 0 radical (unpaired) electrons. The lowest BCUT2D eigenvalue weighted by atomic mass is 9.98. The summed E-state index contributed by atoms with van der Waals surface area (Å²) < 4.78 is 5.17. The van der Waals surface area contributed by atoms with Crippen LogP contribution in [0.25, 0.3) is 0 Å². The third kappa shape index (κ3) is 5.48. The molecule has 0 aliphatic rings. The number of ether oxygens (including phenoxy) is 1.